The minimum Gasteiger partial charge on any atom is -0.369 e. The van der Waals surface area contributed by atoms with Crippen molar-refractivity contribution in [2.75, 3.05) is 18.9 Å². The average molecular weight is 313 g/mol. The smallest absolute Gasteiger partial charge is 0.246 e. The number of aromatic nitrogens is 1. The van der Waals surface area contributed by atoms with Crippen LogP contribution in [0, 0.1) is 5.41 Å². The van der Waals surface area contributed by atoms with Crippen LogP contribution >= 0.6 is 0 Å². The molecule has 120 valence electrons. The first-order valence-electron chi connectivity index (χ1n) is 7.29. The van der Waals surface area contributed by atoms with Gasteiger partial charge >= 0.3 is 0 Å². The van der Waals surface area contributed by atoms with E-state index in [9.17, 15) is 8.42 Å². The summed E-state index contributed by atoms with van der Waals surface area (Å²) in [5.74, 6) is 0.423. The molecule has 21 heavy (non-hydrogen) atoms. The van der Waals surface area contributed by atoms with E-state index in [1.807, 2.05) is 34.6 Å². The lowest BCUT2D eigenvalue weighted by Gasteiger charge is -2.34. The van der Waals surface area contributed by atoms with E-state index < -0.39 is 10.0 Å². The highest BCUT2D eigenvalue weighted by Gasteiger charge is 2.33. The Morgan fingerprint density at radius 3 is 2.52 bits per heavy atom. The third-order valence-corrected chi connectivity index (χ3v) is 5.73. The van der Waals surface area contributed by atoms with Gasteiger partial charge in [-0.2, -0.15) is 4.31 Å². The van der Waals surface area contributed by atoms with Crippen molar-refractivity contribution in [2.24, 2.45) is 5.41 Å². The van der Waals surface area contributed by atoms with Crippen molar-refractivity contribution in [3.8, 4) is 0 Å². The van der Waals surface area contributed by atoms with Crippen LogP contribution in [0.25, 0.3) is 0 Å². The number of hydrogen-bond acceptors (Lipinski definition) is 4. The van der Waals surface area contributed by atoms with E-state index in [0.29, 0.717) is 12.4 Å². The molecule has 0 spiro atoms. The molecule has 1 aromatic heterocycles. The lowest BCUT2D eigenvalue weighted by molar-refractivity contribution is 0.216. The largest absolute Gasteiger partial charge is 0.369 e. The zero-order chi connectivity index (χ0) is 16.3. The van der Waals surface area contributed by atoms with Gasteiger partial charge in [0.2, 0.25) is 10.0 Å². The highest BCUT2D eigenvalue weighted by atomic mass is 32.2. The van der Waals surface area contributed by atoms with Crippen LogP contribution in [0.4, 0.5) is 5.82 Å². The molecule has 0 bridgehead atoms. The number of rotatable bonds is 6. The maximum atomic E-state index is 12.9. The van der Waals surface area contributed by atoms with Gasteiger partial charge in [-0.15, -0.1) is 0 Å². The minimum absolute atomic E-state index is 0.123. The Bertz CT molecular complexity index is 565. The molecule has 1 N–H and O–H groups in total. The second-order valence-electron chi connectivity index (χ2n) is 6.34. The summed E-state index contributed by atoms with van der Waals surface area (Å²) in [5, 5.41) is 3.08. The summed E-state index contributed by atoms with van der Waals surface area (Å²) in [4.78, 5) is 4.40. The van der Waals surface area contributed by atoms with Gasteiger partial charge in [0.05, 0.1) is 0 Å². The number of pyridine rings is 1. The number of sulfonamides is 1. The fourth-order valence-electron chi connectivity index (χ4n) is 1.88. The molecule has 1 atom stereocenters. The van der Waals surface area contributed by atoms with Gasteiger partial charge in [-0.3, -0.25) is 0 Å². The van der Waals surface area contributed by atoms with E-state index >= 15 is 0 Å². The number of anilines is 1. The molecule has 0 aliphatic carbocycles. The molecule has 0 aliphatic heterocycles. The van der Waals surface area contributed by atoms with Crippen molar-refractivity contribution >= 4 is 15.8 Å². The van der Waals surface area contributed by atoms with Crippen molar-refractivity contribution in [1.29, 1.82) is 0 Å². The van der Waals surface area contributed by atoms with E-state index in [4.69, 9.17) is 0 Å². The molecule has 1 aromatic rings. The Morgan fingerprint density at radius 2 is 2.00 bits per heavy atom. The molecule has 0 aliphatic rings. The molecule has 0 saturated heterocycles. The minimum atomic E-state index is -3.57. The lowest BCUT2D eigenvalue weighted by Crippen LogP contribution is -2.43. The van der Waals surface area contributed by atoms with Gasteiger partial charge < -0.3 is 5.32 Å². The SMILES string of the molecule is CCCNc1ncccc1S(=O)(=O)N(C)C(C)C(C)(C)C. The third-order valence-electron chi connectivity index (χ3n) is 3.77. The number of nitrogens with zero attached hydrogens (tertiary/aromatic N) is 2. The summed E-state index contributed by atoms with van der Waals surface area (Å²) in [6, 6.07) is 3.13. The first kappa shape index (κ1) is 17.9. The molecular weight excluding hydrogens is 286 g/mol. The normalized spacial score (nSPS) is 14.2. The van der Waals surface area contributed by atoms with Crippen LogP contribution in [0.2, 0.25) is 0 Å². The van der Waals surface area contributed by atoms with Gasteiger partial charge in [-0.1, -0.05) is 27.7 Å². The van der Waals surface area contributed by atoms with Crippen LogP contribution < -0.4 is 5.32 Å². The molecule has 6 heteroatoms. The van der Waals surface area contributed by atoms with Crippen molar-refractivity contribution in [2.45, 2.75) is 52.0 Å². The first-order chi connectivity index (χ1) is 9.62. The lowest BCUT2D eigenvalue weighted by atomic mass is 9.88. The van der Waals surface area contributed by atoms with Gasteiger partial charge in [0.1, 0.15) is 10.7 Å². The number of nitrogens with one attached hydrogen (secondary N) is 1. The fourth-order valence-corrected chi connectivity index (χ4v) is 3.55. The Balaban J connectivity index is 3.19. The van der Waals surface area contributed by atoms with Crippen LogP contribution in [-0.2, 0) is 10.0 Å². The molecule has 0 saturated carbocycles. The summed E-state index contributed by atoms with van der Waals surface area (Å²) in [5.41, 5.74) is -0.138. The second kappa shape index (κ2) is 6.75. The van der Waals surface area contributed by atoms with Gasteiger partial charge in [0.25, 0.3) is 0 Å². The standard InChI is InChI=1S/C15H27N3O2S/c1-7-10-16-14-13(9-8-11-17-14)21(19,20)18(6)12(2)15(3,4)5/h8-9,11-12H,7,10H2,1-6H3,(H,16,17). The Morgan fingerprint density at radius 1 is 1.38 bits per heavy atom. The van der Waals surface area contributed by atoms with Crippen LogP contribution in [0.1, 0.15) is 41.0 Å². The summed E-state index contributed by atoms with van der Waals surface area (Å²) < 4.78 is 27.1. The van der Waals surface area contributed by atoms with Crippen LogP contribution in [0.3, 0.4) is 0 Å². The highest BCUT2D eigenvalue weighted by molar-refractivity contribution is 7.89. The van der Waals surface area contributed by atoms with Crippen LogP contribution in [0.5, 0.6) is 0 Å². The third kappa shape index (κ3) is 4.17. The molecule has 1 heterocycles. The van der Waals surface area contributed by atoms with Crippen LogP contribution in [0.15, 0.2) is 23.2 Å². The molecule has 0 aromatic carbocycles. The Kier molecular flexibility index (Phi) is 5.75. The molecule has 1 unspecified atom stereocenters. The van der Waals surface area contributed by atoms with Crippen molar-refractivity contribution in [3.05, 3.63) is 18.3 Å². The molecule has 5 nitrogen and oxygen atoms in total. The van der Waals surface area contributed by atoms with Crippen molar-refractivity contribution in [3.63, 3.8) is 0 Å². The van der Waals surface area contributed by atoms with Gasteiger partial charge in [0, 0.05) is 25.8 Å². The maximum Gasteiger partial charge on any atom is 0.246 e. The predicted octanol–water partition coefficient (Wildman–Crippen LogP) is 2.96. The van der Waals surface area contributed by atoms with E-state index in [0.717, 1.165) is 6.42 Å². The van der Waals surface area contributed by atoms with Crippen LogP contribution in [-0.4, -0.2) is 37.3 Å². The summed E-state index contributed by atoms with van der Waals surface area (Å²) in [7, 11) is -1.95. The molecule has 0 radical (unpaired) electrons. The summed E-state index contributed by atoms with van der Waals surface area (Å²) >= 11 is 0. The average Bonchev–Trinajstić information content (AvgIpc) is 2.42. The Labute approximate surface area is 128 Å². The van der Waals surface area contributed by atoms with Crippen molar-refractivity contribution < 1.29 is 8.42 Å². The first-order valence-corrected chi connectivity index (χ1v) is 8.73. The van der Waals surface area contributed by atoms with E-state index in [2.05, 4.69) is 10.3 Å². The van der Waals surface area contributed by atoms with E-state index in [1.54, 1.807) is 25.4 Å². The zero-order valence-electron chi connectivity index (χ0n) is 13.8. The summed E-state index contributed by atoms with van der Waals surface area (Å²) in [6.07, 6.45) is 2.51. The molecule has 0 fully saturated rings. The Hall–Kier alpha value is -1.14. The molecule has 0 amide bonds. The van der Waals surface area contributed by atoms with E-state index in [-0.39, 0.29) is 16.4 Å². The maximum absolute atomic E-state index is 12.9. The fraction of sp³-hybridized carbons (Fsp3) is 0.667. The zero-order valence-corrected chi connectivity index (χ0v) is 14.7. The molecule has 1 rings (SSSR count). The topological polar surface area (TPSA) is 62.3 Å². The monoisotopic (exact) mass is 313 g/mol. The predicted molar refractivity (Wildman–Crippen MR) is 86.9 cm³/mol. The van der Waals surface area contributed by atoms with Gasteiger partial charge in [-0.05, 0) is 30.9 Å². The quantitative estimate of drug-likeness (QED) is 0.877. The highest BCUT2D eigenvalue weighted by Crippen LogP contribution is 2.29. The van der Waals surface area contributed by atoms with Crippen molar-refractivity contribution in [1.82, 2.24) is 9.29 Å². The molecular formula is C15H27N3O2S. The van der Waals surface area contributed by atoms with Gasteiger partial charge in [0.15, 0.2) is 0 Å². The van der Waals surface area contributed by atoms with E-state index in [1.165, 1.54) is 4.31 Å². The van der Waals surface area contributed by atoms with Gasteiger partial charge in [-0.25, -0.2) is 13.4 Å². The second-order valence-corrected chi connectivity index (χ2v) is 8.31. The summed E-state index contributed by atoms with van der Waals surface area (Å²) in [6.45, 7) is 10.7. The number of hydrogen-bond donors (Lipinski definition) is 1.